The quantitative estimate of drug-likeness (QED) is 0.110. The Bertz CT molecular complexity index is 753. The molecule has 0 saturated carbocycles. The van der Waals surface area contributed by atoms with Crippen molar-refractivity contribution in [2.45, 2.75) is 237 Å². The fraction of sp³-hybridized carbons (Fsp3) is 0.891. The number of allylic oxidation sites excluding steroid dienone is 4. The van der Waals surface area contributed by atoms with Crippen LogP contribution in [0, 0.1) is 76.9 Å². The van der Waals surface area contributed by atoms with Gasteiger partial charge < -0.3 is 10.1 Å². The van der Waals surface area contributed by atoms with Crippen LogP contribution in [-0.2, 0) is 4.74 Å². The number of rotatable bonds is 18. The van der Waals surface area contributed by atoms with Gasteiger partial charge in [-0.25, -0.2) is 0 Å². The van der Waals surface area contributed by atoms with E-state index >= 15 is 0 Å². The van der Waals surface area contributed by atoms with E-state index in [0.29, 0.717) is 35.8 Å². The van der Waals surface area contributed by atoms with Crippen LogP contribution < -0.4 is 5.32 Å². The van der Waals surface area contributed by atoms with Gasteiger partial charge in [0.15, 0.2) is 0 Å². The minimum absolute atomic E-state index is 0.386. The SMILES string of the molecule is CC(C)/C=C/CC(C)C.CC(C)/C=C\CC(C)C.CC(C)C#CCC(C)C.CC(C)CC(C)C.CC(C)CNC(C)C.CC(C)COC(C)C.CC(C)CSC(C)C. The van der Waals surface area contributed by atoms with Crippen LogP contribution in [-0.4, -0.2) is 36.3 Å². The summed E-state index contributed by atoms with van der Waals surface area (Å²) >= 11 is 2.04. The molecule has 58 heavy (non-hydrogen) atoms. The summed E-state index contributed by atoms with van der Waals surface area (Å²) in [6.45, 7) is 63.7. The van der Waals surface area contributed by atoms with Crippen LogP contribution in [0.5, 0.6) is 0 Å². The lowest BCUT2D eigenvalue weighted by Crippen LogP contribution is -2.26. The van der Waals surface area contributed by atoms with Crippen LogP contribution >= 0.6 is 11.8 Å². The molecule has 0 spiro atoms. The van der Waals surface area contributed by atoms with E-state index in [2.05, 4.69) is 235 Å². The number of ether oxygens (including phenoxy) is 1. The Morgan fingerprint density at radius 3 is 1.05 bits per heavy atom. The first kappa shape index (κ1) is 71.8. The smallest absolute Gasteiger partial charge is 0.0518 e. The first-order valence-corrected chi connectivity index (χ1v) is 25.2. The maximum absolute atomic E-state index is 5.30. The van der Waals surface area contributed by atoms with Crippen molar-refractivity contribution in [2.75, 3.05) is 18.9 Å². The Labute approximate surface area is 377 Å². The molecule has 0 fully saturated rings. The Morgan fingerprint density at radius 2 is 0.897 bits per heavy atom. The molecule has 0 bridgehead atoms. The highest BCUT2D eigenvalue weighted by Gasteiger charge is 1.98. The molecule has 0 aromatic carbocycles. The van der Waals surface area contributed by atoms with E-state index in [1.165, 1.54) is 25.0 Å². The van der Waals surface area contributed by atoms with Crippen molar-refractivity contribution >= 4 is 11.8 Å². The third kappa shape index (κ3) is 124. The van der Waals surface area contributed by atoms with Crippen molar-refractivity contribution in [3.8, 4) is 11.8 Å². The zero-order chi connectivity index (χ0) is 47.4. The van der Waals surface area contributed by atoms with Crippen molar-refractivity contribution in [2.24, 2.45) is 65.1 Å². The zero-order valence-corrected chi connectivity index (χ0v) is 46.5. The summed E-state index contributed by atoms with van der Waals surface area (Å²) in [5, 5.41) is 4.15. The van der Waals surface area contributed by atoms with E-state index in [-0.39, 0.29) is 0 Å². The van der Waals surface area contributed by atoms with Gasteiger partial charge in [0.2, 0.25) is 0 Å². The van der Waals surface area contributed by atoms with Crippen LogP contribution in [0.15, 0.2) is 24.3 Å². The van der Waals surface area contributed by atoms with Crippen LogP contribution in [0.2, 0.25) is 0 Å². The highest BCUT2D eigenvalue weighted by molar-refractivity contribution is 7.99. The van der Waals surface area contributed by atoms with Crippen LogP contribution in [0.4, 0.5) is 0 Å². The van der Waals surface area contributed by atoms with Crippen LogP contribution in [0.1, 0.15) is 220 Å². The molecular formula is C55H117NOS. The number of hydrogen-bond donors (Lipinski definition) is 1. The molecule has 0 aliphatic carbocycles. The topological polar surface area (TPSA) is 21.3 Å². The number of thioether (sulfide) groups is 1. The Balaban J connectivity index is -0.000000105. The molecular weight excluding hydrogens is 723 g/mol. The summed E-state index contributed by atoms with van der Waals surface area (Å²) in [5.74, 6) is 15.9. The first-order valence-electron chi connectivity index (χ1n) is 24.2. The molecule has 0 unspecified atom stereocenters. The summed E-state index contributed by atoms with van der Waals surface area (Å²) in [5.41, 5.74) is 0. The van der Waals surface area contributed by atoms with Crippen molar-refractivity contribution in [3.05, 3.63) is 24.3 Å². The molecule has 0 aliphatic heterocycles. The predicted octanol–water partition coefficient (Wildman–Crippen LogP) is 18.4. The molecule has 0 saturated heterocycles. The van der Waals surface area contributed by atoms with Gasteiger partial charge in [-0.15, -0.1) is 11.8 Å². The van der Waals surface area contributed by atoms with Crippen molar-refractivity contribution < 1.29 is 4.74 Å². The second-order valence-electron chi connectivity index (χ2n) is 21.2. The number of hydrogen-bond acceptors (Lipinski definition) is 3. The molecule has 0 aliphatic rings. The lowest BCUT2D eigenvalue weighted by atomic mass is 10.0. The Kier molecular flexibility index (Phi) is 64.9. The number of nitrogens with one attached hydrogen (secondary N) is 1. The fourth-order valence-electron chi connectivity index (χ4n) is 3.90. The van der Waals surface area contributed by atoms with E-state index in [1.54, 1.807) is 0 Å². The van der Waals surface area contributed by atoms with Crippen LogP contribution in [0.25, 0.3) is 0 Å². The maximum Gasteiger partial charge on any atom is 0.0518 e. The van der Waals surface area contributed by atoms with E-state index in [4.69, 9.17) is 4.74 Å². The van der Waals surface area contributed by atoms with Crippen LogP contribution in [0.3, 0.4) is 0 Å². The zero-order valence-electron chi connectivity index (χ0n) is 45.7. The third-order valence-electron chi connectivity index (χ3n) is 6.56. The summed E-state index contributed by atoms with van der Waals surface area (Å²) in [7, 11) is 0. The van der Waals surface area contributed by atoms with E-state index < -0.39 is 0 Å². The van der Waals surface area contributed by atoms with E-state index in [0.717, 1.165) is 66.2 Å². The third-order valence-corrected chi connectivity index (χ3v) is 8.09. The van der Waals surface area contributed by atoms with Crippen molar-refractivity contribution in [3.63, 3.8) is 0 Å². The van der Waals surface area contributed by atoms with Gasteiger partial charge in [-0.2, -0.15) is 11.8 Å². The molecule has 2 nitrogen and oxygen atoms in total. The standard InChI is InChI=1S/2C9H18.C9H16.C7H17N.C7H16O.C7H16S.C7H16/c3*1-8(2)6-5-7-9(3)4;3*1-6(2)5-8-7(3)4;1-6(2)5-7(3)4/h2*5-6,8-9H,7H2,1-4H3;8-9H,6H2,1-4H3;6-8H,5H2,1-4H3;2*6-7H,5H2,1-4H3;6-7H,5H2,1-4H3/b6-5+;6-5-;;;;;. The summed E-state index contributed by atoms with van der Waals surface area (Å²) in [6.07, 6.45) is 14.3. The van der Waals surface area contributed by atoms with Gasteiger partial charge in [0.25, 0.3) is 0 Å². The monoisotopic (exact) mass is 840 g/mol. The molecule has 3 heteroatoms. The Morgan fingerprint density at radius 1 is 0.483 bits per heavy atom. The van der Waals surface area contributed by atoms with Gasteiger partial charge in [-0.1, -0.05) is 204 Å². The molecule has 0 atom stereocenters. The molecule has 0 aromatic heterocycles. The minimum atomic E-state index is 0.386. The first-order chi connectivity index (χ1) is 26.4. The molecule has 0 radical (unpaired) electrons. The summed E-state index contributed by atoms with van der Waals surface area (Å²) < 4.78 is 5.30. The van der Waals surface area contributed by atoms with Crippen molar-refractivity contribution in [1.82, 2.24) is 5.32 Å². The van der Waals surface area contributed by atoms with Gasteiger partial charge in [0, 0.05) is 25.0 Å². The van der Waals surface area contributed by atoms with Gasteiger partial charge >= 0.3 is 0 Å². The van der Waals surface area contributed by atoms with Gasteiger partial charge in [0.05, 0.1) is 6.10 Å². The molecule has 1 N–H and O–H groups in total. The predicted molar refractivity (Wildman–Crippen MR) is 280 cm³/mol. The van der Waals surface area contributed by atoms with Gasteiger partial charge in [0.1, 0.15) is 0 Å². The normalized spacial score (nSPS) is 11.3. The minimum Gasteiger partial charge on any atom is -0.379 e. The molecule has 0 amide bonds. The highest BCUT2D eigenvalue weighted by Crippen LogP contribution is 2.13. The molecule has 354 valence electrons. The maximum atomic E-state index is 5.30. The lowest BCUT2D eigenvalue weighted by molar-refractivity contribution is 0.0593. The summed E-state index contributed by atoms with van der Waals surface area (Å²) in [6, 6.07) is 0.636. The lowest BCUT2D eigenvalue weighted by Gasteiger charge is -2.09. The second kappa shape index (κ2) is 52.4. The average Bonchev–Trinajstić information content (AvgIpc) is 3.02. The van der Waals surface area contributed by atoms with Gasteiger partial charge in [-0.3, -0.25) is 0 Å². The van der Waals surface area contributed by atoms with Gasteiger partial charge in [-0.05, 0) is 110 Å². The largest absolute Gasteiger partial charge is 0.379 e. The second-order valence-corrected chi connectivity index (χ2v) is 22.8. The highest BCUT2D eigenvalue weighted by atomic mass is 32.2. The summed E-state index contributed by atoms with van der Waals surface area (Å²) in [4.78, 5) is 0. The van der Waals surface area contributed by atoms with E-state index in [9.17, 15) is 0 Å². The fourth-order valence-corrected chi connectivity index (χ4v) is 4.67. The molecule has 0 rings (SSSR count). The Hall–Kier alpha value is -0.690. The molecule has 0 heterocycles. The van der Waals surface area contributed by atoms with E-state index in [1.807, 2.05) is 11.8 Å². The molecule has 0 aromatic rings. The van der Waals surface area contributed by atoms with Crippen molar-refractivity contribution in [1.29, 1.82) is 0 Å². The average molecular weight is 841 g/mol.